The molecule has 154 valence electrons. The van der Waals surface area contributed by atoms with Gasteiger partial charge in [0.1, 0.15) is 5.69 Å². The minimum atomic E-state index is -3.69. The maximum absolute atomic E-state index is 12.7. The fourth-order valence-corrected chi connectivity index (χ4v) is 4.13. The van der Waals surface area contributed by atoms with Gasteiger partial charge < -0.3 is 14.8 Å². The van der Waals surface area contributed by atoms with Crippen molar-refractivity contribution >= 4 is 27.6 Å². The van der Waals surface area contributed by atoms with Crippen molar-refractivity contribution < 1.29 is 27.5 Å². The molecule has 2 aromatic rings. The molecule has 1 saturated heterocycles. The molecule has 1 fully saturated rings. The Morgan fingerprint density at radius 3 is 2.62 bits per heavy atom. The van der Waals surface area contributed by atoms with Crippen LogP contribution < -0.4 is 5.32 Å². The highest BCUT2D eigenvalue weighted by Crippen LogP contribution is 2.21. The standard InChI is InChI=1S/C19H21N3O6S/c1-14(28-19(24)17-7-2-3-8-20-17)18(23)21-15-5-4-6-16(13-15)29(25,26)22-9-11-27-12-10-22/h2-8,13-14H,9-12H2,1H3,(H,21,23)/t14-/m1/s1. The molecule has 9 nitrogen and oxygen atoms in total. The minimum Gasteiger partial charge on any atom is -0.448 e. The Labute approximate surface area is 168 Å². The molecule has 29 heavy (non-hydrogen) atoms. The van der Waals surface area contributed by atoms with Gasteiger partial charge in [-0.3, -0.25) is 4.79 Å². The van der Waals surface area contributed by atoms with Gasteiger partial charge in [-0.1, -0.05) is 12.1 Å². The lowest BCUT2D eigenvalue weighted by Gasteiger charge is -2.26. The number of hydrogen-bond donors (Lipinski definition) is 1. The SMILES string of the molecule is C[C@@H](OC(=O)c1ccccn1)C(=O)Nc1cccc(S(=O)(=O)N2CCOCC2)c1. The molecule has 0 radical (unpaired) electrons. The van der Waals surface area contributed by atoms with Gasteiger partial charge in [-0.05, 0) is 37.3 Å². The Hall–Kier alpha value is -2.82. The Morgan fingerprint density at radius 2 is 1.93 bits per heavy atom. The summed E-state index contributed by atoms with van der Waals surface area (Å²) in [6, 6.07) is 10.7. The van der Waals surface area contributed by atoms with Crippen LogP contribution in [-0.2, 0) is 24.3 Å². The maximum Gasteiger partial charge on any atom is 0.357 e. The molecule has 0 spiro atoms. The Bertz CT molecular complexity index is 974. The van der Waals surface area contributed by atoms with Crippen LogP contribution in [0.25, 0.3) is 0 Å². The van der Waals surface area contributed by atoms with Crippen molar-refractivity contribution in [2.75, 3.05) is 31.6 Å². The van der Waals surface area contributed by atoms with E-state index in [0.717, 1.165) is 0 Å². The lowest BCUT2D eigenvalue weighted by atomic mass is 10.3. The number of nitrogens with zero attached hydrogens (tertiary/aromatic N) is 2. The lowest BCUT2D eigenvalue weighted by Crippen LogP contribution is -2.40. The van der Waals surface area contributed by atoms with Crippen LogP contribution in [-0.4, -0.2) is 62.0 Å². The molecule has 2 heterocycles. The smallest absolute Gasteiger partial charge is 0.357 e. The first-order chi connectivity index (χ1) is 13.9. The second kappa shape index (κ2) is 9.12. The molecule has 1 atom stereocenters. The monoisotopic (exact) mass is 419 g/mol. The minimum absolute atomic E-state index is 0.0651. The number of carbonyl (C=O) groups is 2. The predicted octanol–water partition coefficient (Wildman–Crippen LogP) is 1.29. The topological polar surface area (TPSA) is 115 Å². The zero-order valence-electron chi connectivity index (χ0n) is 15.8. The van der Waals surface area contributed by atoms with E-state index < -0.39 is 28.0 Å². The molecule has 1 aliphatic heterocycles. The van der Waals surface area contributed by atoms with Gasteiger partial charge in [0.2, 0.25) is 10.0 Å². The number of carbonyl (C=O) groups excluding carboxylic acids is 2. The van der Waals surface area contributed by atoms with Gasteiger partial charge in [-0.2, -0.15) is 4.31 Å². The Kier molecular flexibility index (Phi) is 6.57. The normalized spacial score (nSPS) is 16.0. The summed E-state index contributed by atoms with van der Waals surface area (Å²) in [5.41, 5.74) is 0.371. The van der Waals surface area contributed by atoms with Gasteiger partial charge in [0.15, 0.2) is 6.10 Å². The van der Waals surface area contributed by atoms with Crippen LogP contribution >= 0.6 is 0 Å². The summed E-state index contributed by atoms with van der Waals surface area (Å²) in [5, 5.41) is 2.57. The van der Waals surface area contributed by atoms with Gasteiger partial charge >= 0.3 is 5.97 Å². The summed E-state index contributed by atoms with van der Waals surface area (Å²) in [6.45, 7) is 2.66. The van der Waals surface area contributed by atoms with Crippen LogP contribution in [0, 0.1) is 0 Å². The van der Waals surface area contributed by atoms with E-state index >= 15 is 0 Å². The van der Waals surface area contributed by atoms with Crippen LogP contribution in [0.3, 0.4) is 0 Å². The van der Waals surface area contributed by atoms with Crippen molar-refractivity contribution in [3.8, 4) is 0 Å². The van der Waals surface area contributed by atoms with Gasteiger partial charge in [-0.25, -0.2) is 18.2 Å². The molecule has 0 unspecified atom stereocenters. The van der Waals surface area contributed by atoms with Crippen LogP contribution in [0.5, 0.6) is 0 Å². The van der Waals surface area contributed by atoms with Crippen molar-refractivity contribution in [1.82, 2.24) is 9.29 Å². The molecule has 1 aliphatic rings. The van der Waals surface area contributed by atoms with Crippen LogP contribution in [0.1, 0.15) is 17.4 Å². The highest BCUT2D eigenvalue weighted by atomic mass is 32.2. The van der Waals surface area contributed by atoms with Gasteiger partial charge in [-0.15, -0.1) is 0 Å². The predicted molar refractivity (Wildman–Crippen MR) is 104 cm³/mol. The van der Waals surface area contributed by atoms with Crippen LogP contribution in [0.2, 0.25) is 0 Å². The van der Waals surface area contributed by atoms with Crippen molar-refractivity contribution in [2.24, 2.45) is 0 Å². The summed E-state index contributed by atoms with van der Waals surface area (Å²) in [5.74, 6) is -1.31. The third kappa shape index (κ3) is 5.17. The van der Waals surface area contributed by atoms with Crippen molar-refractivity contribution in [2.45, 2.75) is 17.9 Å². The van der Waals surface area contributed by atoms with Gasteiger partial charge in [0.05, 0.1) is 18.1 Å². The number of sulfonamides is 1. The van der Waals surface area contributed by atoms with E-state index in [1.165, 1.54) is 41.7 Å². The molecule has 1 amide bonds. The van der Waals surface area contributed by atoms with Crippen molar-refractivity contribution in [3.05, 3.63) is 54.4 Å². The first-order valence-electron chi connectivity index (χ1n) is 8.99. The number of amides is 1. The quantitative estimate of drug-likeness (QED) is 0.702. The summed E-state index contributed by atoms with van der Waals surface area (Å²) >= 11 is 0. The molecule has 0 bridgehead atoms. The molecule has 10 heteroatoms. The van der Waals surface area contributed by atoms with E-state index in [0.29, 0.717) is 13.2 Å². The molecule has 1 aromatic carbocycles. The zero-order valence-corrected chi connectivity index (χ0v) is 16.6. The first kappa shape index (κ1) is 20.9. The van der Waals surface area contributed by atoms with Crippen LogP contribution in [0.15, 0.2) is 53.6 Å². The average Bonchev–Trinajstić information content (AvgIpc) is 2.75. The highest BCUT2D eigenvalue weighted by molar-refractivity contribution is 7.89. The third-order valence-electron chi connectivity index (χ3n) is 4.24. The van der Waals surface area contributed by atoms with E-state index in [1.54, 1.807) is 18.2 Å². The van der Waals surface area contributed by atoms with Gasteiger partial charge in [0.25, 0.3) is 5.91 Å². The number of esters is 1. The number of rotatable bonds is 6. The number of aromatic nitrogens is 1. The van der Waals surface area contributed by atoms with E-state index in [9.17, 15) is 18.0 Å². The summed E-state index contributed by atoms with van der Waals surface area (Å²) in [7, 11) is -3.69. The van der Waals surface area contributed by atoms with Crippen molar-refractivity contribution in [1.29, 1.82) is 0 Å². The molecular weight excluding hydrogens is 398 g/mol. The second-order valence-corrected chi connectivity index (χ2v) is 8.23. The first-order valence-corrected chi connectivity index (χ1v) is 10.4. The lowest BCUT2D eigenvalue weighted by molar-refractivity contribution is -0.123. The molecule has 1 aromatic heterocycles. The zero-order chi connectivity index (χ0) is 20.9. The van der Waals surface area contributed by atoms with Crippen LogP contribution in [0.4, 0.5) is 5.69 Å². The number of ether oxygens (including phenoxy) is 2. The number of hydrogen-bond acceptors (Lipinski definition) is 7. The number of anilines is 1. The maximum atomic E-state index is 12.7. The fraction of sp³-hybridized carbons (Fsp3) is 0.316. The van der Waals surface area contributed by atoms with E-state index in [2.05, 4.69) is 10.3 Å². The van der Waals surface area contributed by atoms with E-state index in [-0.39, 0.29) is 29.4 Å². The van der Waals surface area contributed by atoms with Crippen molar-refractivity contribution in [3.63, 3.8) is 0 Å². The fourth-order valence-electron chi connectivity index (χ4n) is 2.67. The number of benzene rings is 1. The highest BCUT2D eigenvalue weighted by Gasteiger charge is 2.27. The molecular formula is C19H21N3O6S. The molecule has 3 rings (SSSR count). The molecule has 1 N–H and O–H groups in total. The summed E-state index contributed by atoms with van der Waals surface area (Å²) < 4.78 is 37.1. The Morgan fingerprint density at radius 1 is 1.17 bits per heavy atom. The molecule has 0 saturated carbocycles. The van der Waals surface area contributed by atoms with E-state index in [1.807, 2.05) is 0 Å². The summed E-state index contributed by atoms with van der Waals surface area (Å²) in [6.07, 6.45) is 0.353. The average molecular weight is 419 g/mol. The second-order valence-electron chi connectivity index (χ2n) is 6.30. The number of pyridine rings is 1. The largest absolute Gasteiger partial charge is 0.448 e. The Balaban J connectivity index is 1.66. The third-order valence-corrected chi connectivity index (χ3v) is 6.13. The molecule has 0 aliphatic carbocycles. The number of morpholine rings is 1. The summed E-state index contributed by atoms with van der Waals surface area (Å²) in [4.78, 5) is 28.3. The van der Waals surface area contributed by atoms with E-state index in [4.69, 9.17) is 9.47 Å². The van der Waals surface area contributed by atoms with Gasteiger partial charge in [0, 0.05) is 25.0 Å². The number of nitrogens with one attached hydrogen (secondary N) is 1.